The zero-order valence-corrected chi connectivity index (χ0v) is 21.6. The molecule has 2 aromatic rings. The van der Waals surface area contributed by atoms with E-state index in [2.05, 4.69) is 26.1 Å². The van der Waals surface area contributed by atoms with Crippen LogP contribution in [-0.2, 0) is 20.7 Å². The fourth-order valence-corrected chi connectivity index (χ4v) is 5.20. The Bertz CT molecular complexity index is 1060. The van der Waals surface area contributed by atoms with Crippen molar-refractivity contribution in [2.75, 3.05) is 13.1 Å². The van der Waals surface area contributed by atoms with E-state index in [1.54, 1.807) is 23.1 Å². The van der Waals surface area contributed by atoms with Crippen molar-refractivity contribution in [2.24, 2.45) is 11.3 Å². The summed E-state index contributed by atoms with van der Waals surface area (Å²) in [6.07, 6.45) is 5.15. The molecule has 0 aromatic heterocycles. The third-order valence-corrected chi connectivity index (χ3v) is 7.44. The van der Waals surface area contributed by atoms with Crippen LogP contribution in [0.3, 0.4) is 0 Å². The van der Waals surface area contributed by atoms with Crippen molar-refractivity contribution < 1.29 is 14.3 Å². The fourth-order valence-electron chi connectivity index (χ4n) is 5.07. The van der Waals surface area contributed by atoms with Crippen molar-refractivity contribution in [2.45, 2.75) is 58.6 Å². The van der Waals surface area contributed by atoms with Crippen LogP contribution in [0.4, 0.5) is 0 Å². The largest absolute Gasteiger partial charge is 0.482 e. The number of amides is 2. The highest BCUT2D eigenvalue weighted by Gasteiger charge is 2.46. The van der Waals surface area contributed by atoms with E-state index in [-0.39, 0.29) is 35.9 Å². The number of ether oxygens (including phenoxy) is 1. The molecule has 0 radical (unpaired) electrons. The number of carbonyl (C=O) groups is 2. The minimum absolute atomic E-state index is 0.0347. The molecule has 1 saturated heterocycles. The third kappa shape index (κ3) is 6.46. The lowest BCUT2D eigenvalue weighted by Crippen LogP contribution is -2.58. The summed E-state index contributed by atoms with van der Waals surface area (Å²) in [6.45, 7) is 7.31. The molecule has 2 aromatic carbocycles. The van der Waals surface area contributed by atoms with Crippen LogP contribution in [0.5, 0.6) is 0 Å². The second kappa shape index (κ2) is 10.9. The van der Waals surface area contributed by atoms with Crippen molar-refractivity contribution >= 4 is 29.5 Å². The molecule has 5 nitrogen and oxygen atoms in total. The summed E-state index contributed by atoms with van der Waals surface area (Å²) in [5.41, 5.74) is 2.15. The van der Waals surface area contributed by atoms with Gasteiger partial charge in [-0.3, -0.25) is 9.59 Å². The van der Waals surface area contributed by atoms with Gasteiger partial charge in [0, 0.05) is 11.6 Å². The average Bonchev–Trinajstić information content (AvgIpc) is 2.83. The molecule has 2 fully saturated rings. The Balaban J connectivity index is 1.50. The summed E-state index contributed by atoms with van der Waals surface area (Å²) in [5.74, 6) is 0.387. The van der Waals surface area contributed by atoms with Gasteiger partial charge in [0.2, 0.25) is 5.91 Å². The number of morpholine rings is 1. The molecule has 1 saturated carbocycles. The topological polar surface area (TPSA) is 58.6 Å². The maximum Gasteiger partial charge on any atom is 0.289 e. The molecule has 3 atom stereocenters. The van der Waals surface area contributed by atoms with Crippen LogP contribution in [0.2, 0.25) is 5.02 Å². The van der Waals surface area contributed by atoms with Gasteiger partial charge in [0.05, 0.1) is 6.04 Å². The molecule has 2 aliphatic rings. The third-order valence-electron chi connectivity index (χ3n) is 7.19. The molecular weight excluding hydrogens is 460 g/mol. The first-order chi connectivity index (χ1) is 16.7. The quantitative estimate of drug-likeness (QED) is 0.541. The van der Waals surface area contributed by atoms with Crippen molar-refractivity contribution in [3.63, 3.8) is 0 Å². The van der Waals surface area contributed by atoms with Gasteiger partial charge < -0.3 is 15.0 Å². The Labute approximate surface area is 213 Å². The molecule has 1 heterocycles. The molecule has 1 N–H and O–H groups in total. The summed E-state index contributed by atoms with van der Waals surface area (Å²) in [6, 6.07) is 17.2. The van der Waals surface area contributed by atoms with E-state index in [0.29, 0.717) is 23.2 Å². The predicted molar refractivity (Wildman–Crippen MR) is 140 cm³/mol. The van der Waals surface area contributed by atoms with E-state index < -0.39 is 0 Å². The molecule has 0 bridgehead atoms. The first kappa shape index (κ1) is 25.3. The van der Waals surface area contributed by atoms with Crippen LogP contribution in [0.1, 0.15) is 51.2 Å². The maximum absolute atomic E-state index is 13.6. The van der Waals surface area contributed by atoms with E-state index in [1.807, 2.05) is 42.5 Å². The maximum atomic E-state index is 13.6. The summed E-state index contributed by atoms with van der Waals surface area (Å²) in [4.78, 5) is 28.2. The van der Waals surface area contributed by atoms with Crippen molar-refractivity contribution in [1.82, 2.24) is 10.2 Å². The summed E-state index contributed by atoms with van der Waals surface area (Å²) in [7, 11) is 0. The summed E-state index contributed by atoms with van der Waals surface area (Å²) < 4.78 is 6.25. The van der Waals surface area contributed by atoms with E-state index in [0.717, 1.165) is 31.2 Å². The number of nitrogens with zero attached hydrogens (tertiary/aromatic N) is 1. The Kier molecular flexibility index (Phi) is 7.85. The number of carbonyl (C=O) groups excluding carboxylic acids is 2. The molecule has 35 heavy (non-hydrogen) atoms. The highest BCUT2D eigenvalue weighted by molar-refractivity contribution is 6.30. The molecular formula is C29H35ClN2O3. The van der Waals surface area contributed by atoms with Crippen LogP contribution < -0.4 is 5.32 Å². The molecule has 1 aliphatic heterocycles. The molecule has 6 heteroatoms. The molecule has 4 rings (SSSR count). The Morgan fingerprint density at radius 1 is 1.11 bits per heavy atom. The van der Waals surface area contributed by atoms with Gasteiger partial charge in [-0.1, -0.05) is 74.8 Å². The van der Waals surface area contributed by atoms with Gasteiger partial charge >= 0.3 is 0 Å². The lowest BCUT2D eigenvalue weighted by Gasteiger charge is -2.48. The SMILES string of the molecule is CC(C)(C)C1CCC2O/C(=C/c3ccc(Cl)cc3)C(=O)N(CC(=O)NCCc3ccccc3)C2C1. The zero-order chi connectivity index (χ0) is 25.0. The van der Waals surface area contributed by atoms with Gasteiger partial charge in [0.15, 0.2) is 5.76 Å². The molecule has 2 amide bonds. The standard InChI is InChI=1S/C29H35ClN2O3/c1-29(2,3)22-11-14-25-24(18-22)32(19-27(33)31-16-15-20-7-5-4-6-8-20)28(34)26(35-25)17-21-9-12-23(30)13-10-21/h4-10,12-13,17,22,24-25H,11,14-16,18-19H2,1-3H3,(H,31,33)/b26-17+. The van der Waals surface area contributed by atoms with Crippen LogP contribution in [-0.4, -0.2) is 41.9 Å². The molecule has 3 unspecified atom stereocenters. The van der Waals surface area contributed by atoms with Crippen molar-refractivity contribution in [3.05, 3.63) is 76.5 Å². The Morgan fingerprint density at radius 3 is 2.51 bits per heavy atom. The van der Waals surface area contributed by atoms with E-state index in [9.17, 15) is 9.59 Å². The van der Waals surface area contributed by atoms with Crippen LogP contribution in [0, 0.1) is 11.3 Å². The van der Waals surface area contributed by atoms with Crippen molar-refractivity contribution in [1.29, 1.82) is 0 Å². The van der Waals surface area contributed by atoms with E-state index in [4.69, 9.17) is 16.3 Å². The minimum Gasteiger partial charge on any atom is -0.482 e. The summed E-state index contributed by atoms with van der Waals surface area (Å²) in [5, 5.41) is 3.64. The highest BCUT2D eigenvalue weighted by atomic mass is 35.5. The number of nitrogens with one attached hydrogen (secondary N) is 1. The zero-order valence-electron chi connectivity index (χ0n) is 20.8. The lowest BCUT2D eigenvalue weighted by molar-refractivity contribution is -0.154. The molecule has 186 valence electrons. The highest BCUT2D eigenvalue weighted by Crippen LogP contribution is 2.42. The van der Waals surface area contributed by atoms with Crippen LogP contribution in [0.25, 0.3) is 6.08 Å². The number of fused-ring (bicyclic) bond motifs is 1. The predicted octanol–water partition coefficient (Wildman–Crippen LogP) is 5.48. The smallest absolute Gasteiger partial charge is 0.289 e. The first-order valence-corrected chi connectivity index (χ1v) is 12.8. The van der Waals surface area contributed by atoms with Crippen molar-refractivity contribution in [3.8, 4) is 0 Å². The Morgan fingerprint density at radius 2 is 1.83 bits per heavy atom. The van der Waals surface area contributed by atoms with E-state index >= 15 is 0 Å². The molecule has 1 aliphatic carbocycles. The number of rotatable bonds is 6. The van der Waals surface area contributed by atoms with Gasteiger partial charge in [0.1, 0.15) is 12.6 Å². The van der Waals surface area contributed by atoms with Gasteiger partial charge in [-0.2, -0.15) is 0 Å². The second-order valence-electron chi connectivity index (χ2n) is 10.7. The average molecular weight is 495 g/mol. The fraction of sp³-hybridized carbons (Fsp3) is 0.448. The van der Waals surface area contributed by atoms with Crippen LogP contribution in [0.15, 0.2) is 60.4 Å². The first-order valence-electron chi connectivity index (χ1n) is 12.5. The van der Waals surface area contributed by atoms with Gasteiger partial charge in [-0.05, 0) is 66.4 Å². The van der Waals surface area contributed by atoms with Gasteiger partial charge in [-0.15, -0.1) is 0 Å². The normalized spacial score (nSPS) is 23.5. The summed E-state index contributed by atoms with van der Waals surface area (Å²) >= 11 is 6.01. The van der Waals surface area contributed by atoms with Gasteiger partial charge in [-0.25, -0.2) is 0 Å². The number of halogens is 1. The lowest BCUT2D eigenvalue weighted by atomic mass is 9.69. The monoisotopic (exact) mass is 494 g/mol. The number of hydrogen-bond donors (Lipinski definition) is 1. The minimum atomic E-state index is -0.228. The van der Waals surface area contributed by atoms with E-state index in [1.165, 1.54) is 5.56 Å². The van der Waals surface area contributed by atoms with Crippen LogP contribution >= 0.6 is 11.6 Å². The second-order valence-corrected chi connectivity index (χ2v) is 11.1. The number of benzene rings is 2. The molecule has 0 spiro atoms. The van der Waals surface area contributed by atoms with Gasteiger partial charge in [0.25, 0.3) is 5.91 Å². The Hall–Kier alpha value is -2.79. The number of hydrogen-bond acceptors (Lipinski definition) is 3.